The zero-order valence-corrected chi connectivity index (χ0v) is 13.8. The third kappa shape index (κ3) is 2.94. The van der Waals surface area contributed by atoms with Gasteiger partial charge in [0, 0.05) is 4.88 Å². The summed E-state index contributed by atoms with van der Waals surface area (Å²) in [5.41, 5.74) is 1.47. The molecule has 120 valence electrons. The molecule has 1 aromatic carbocycles. The van der Waals surface area contributed by atoms with Gasteiger partial charge in [0.05, 0.1) is 18.0 Å². The molecule has 3 rings (SSSR count). The summed E-state index contributed by atoms with van der Waals surface area (Å²) in [4.78, 5) is 12.7. The average Bonchev–Trinajstić information content (AvgIpc) is 3.15. The monoisotopic (exact) mass is 330 g/mol. The predicted octanol–water partition coefficient (Wildman–Crippen LogP) is 3.78. The van der Waals surface area contributed by atoms with E-state index < -0.39 is 11.9 Å². The molecule has 5 nitrogen and oxygen atoms in total. The van der Waals surface area contributed by atoms with E-state index >= 15 is 0 Å². The first-order valence-corrected chi connectivity index (χ1v) is 8.33. The number of aliphatic carboxylic acids is 1. The summed E-state index contributed by atoms with van der Waals surface area (Å²) in [5, 5.41) is 17.9. The lowest BCUT2D eigenvalue weighted by molar-refractivity contribution is -0.139. The van der Waals surface area contributed by atoms with Crippen LogP contribution in [0, 0.1) is 5.92 Å². The Morgan fingerprint density at radius 1 is 1.35 bits per heavy atom. The number of hydrogen-bond acceptors (Lipinski definition) is 5. The van der Waals surface area contributed by atoms with Crippen LogP contribution in [0.3, 0.4) is 0 Å². The van der Waals surface area contributed by atoms with Crippen molar-refractivity contribution < 1.29 is 14.6 Å². The highest BCUT2D eigenvalue weighted by molar-refractivity contribution is 7.10. The molecule has 1 aliphatic rings. The summed E-state index contributed by atoms with van der Waals surface area (Å²) in [6, 6.07) is 11.2. The van der Waals surface area contributed by atoms with Gasteiger partial charge < -0.3 is 9.84 Å². The van der Waals surface area contributed by atoms with Gasteiger partial charge in [-0.2, -0.15) is 5.10 Å². The SMILES string of the molecule is CCOc1ccc(N2N=C(C)C(C(=O)O)C2c2cccs2)cc1. The molecule has 1 aliphatic heterocycles. The van der Waals surface area contributed by atoms with Crippen LogP contribution in [-0.4, -0.2) is 23.4 Å². The number of carboxylic acids is 1. The lowest BCUT2D eigenvalue weighted by Gasteiger charge is -2.25. The lowest BCUT2D eigenvalue weighted by atomic mass is 9.95. The van der Waals surface area contributed by atoms with Crippen LogP contribution >= 0.6 is 11.3 Å². The molecule has 0 amide bonds. The van der Waals surface area contributed by atoms with Crippen LogP contribution < -0.4 is 9.75 Å². The maximum absolute atomic E-state index is 11.7. The van der Waals surface area contributed by atoms with E-state index in [1.54, 1.807) is 23.3 Å². The van der Waals surface area contributed by atoms with Crippen LogP contribution in [0.1, 0.15) is 24.8 Å². The minimum Gasteiger partial charge on any atom is -0.494 e. The number of nitrogens with zero attached hydrogens (tertiary/aromatic N) is 2. The quantitative estimate of drug-likeness (QED) is 0.906. The Morgan fingerprint density at radius 3 is 2.65 bits per heavy atom. The standard InChI is InChI=1S/C17H18N2O3S/c1-3-22-13-8-6-12(7-9-13)19-16(14-5-4-10-23-14)15(17(20)21)11(2)18-19/h4-10,15-16H,3H2,1-2H3,(H,20,21). The van der Waals surface area contributed by atoms with E-state index in [0.29, 0.717) is 12.3 Å². The molecular formula is C17H18N2O3S. The molecule has 1 N–H and O–H groups in total. The minimum atomic E-state index is -0.849. The van der Waals surface area contributed by atoms with Crippen molar-refractivity contribution in [2.24, 2.45) is 11.0 Å². The van der Waals surface area contributed by atoms with Gasteiger partial charge >= 0.3 is 5.97 Å². The van der Waals surface area contributed by atoms with Gasteiger partial charge in [0.15, 0.2) is 0 Å². The van der Waals surface area contributed by atoms with E-state index in [2.05, 4.69) is 5.10 Å². The summed E-state index contributed by atoms with van der Waals surface area (Å²) >= 11 is 1.55. The van der Waals surface area contributed by atoms with Crippen molar-refractivity contribution in [3.8, 4) is 5.75 Å². The molecule has 6 heteroatoms. The maximum Gasteiger partial charge on any atom is 0.314 e. The maximum atomic E-state index is 11.7. The van der Waals surface area contributed by atoms with Gasteiger partial charge in [-0.3, -0.25) is 9.80 Å². The van der Waals surface area contributed by atoms with Crippen LogP contribution in [0.5, 0.6) is 5.75 Å². The number of benzene rings is 1. The number of carbonyl (C=O) groups is 1. The molecular weight excluding hydrogens is 312 g/mol. The molecule has 0 saturated carbocycles. The molecule has 0 radical (unpaired) electrons. The first-order valence-electron chi connectivity index (χ1n) is 7.45. The van der Waals surface area contributed by atoms with E-state index in [1.165, 1.54) is 0 Å². The van der Waals surface area contributed by atoms with Gasteiger partial charge in [-0.15, -0.1) is 11.3 Å². The Bertz CT molecular complexity index is 710. The van der Waals surface area contributed by atoms with Gasteiger partial charge in [-0.05, 0) is 49.6 Å². The molecule has 2 unspecified atom stereocenters. The van der Waals surface area contributed by atoms with Crippen LogP contribution in [0.25, 0.3) is 0 Å². The molecule has 2 atom stereocenters. The zero-order chi connectivity index (χ0) is 16.4. The zero-order valence-electron chi connectivity index (χ0n) is 13.0. The van der Waals surface area contributed by atoms with Crippen molar-refractivity contribution in [1.82, 2.24) is 0 Å². The Balaban J connectivity index is 1.97. The van der Waals surface area contributed by atoms with E-state index in [4.69, 9.17) is 4.74 Å². The van der Waals surface area contributed by atoms with Crippen LogP contribution in [0.2, 0.25) is 0 Å². The normalized spacial score (nSPS) is 20.4. The van der Waals surface area contributed by atoms with Crippen molar-refractivity contribution in [3.63, 3.8) is 0 Å². The summed E-state index contributed by atoms with van der Waals surface area (Å²) in [6.45, 7) is 4.32. The van der Waals surface area contributed by atoms with Crippen molar-refractivity contribution in [2.75, 3.05) is 11.6 Å². The fourth-order valence-corrected chi connectivity index (χ4v) is 3.65. The van der Waals surface area contributed by atoms with Crippen molar-refractivity contribution in [3.05, 3.63) is 46.7 Å². The van der Waals surface area contributed by atoms with Gasteiger partial charge in [-0.1, -0.05) is 6.07 Å². The average molecular weight is 330 g/mol. The smallest absolute Gasteiger partial charge is 0.314 e. The van der Waals surface area contributed by atoms with Gasteiger partial charge in [0.1, 0.15) is 17.7 Å². The minimum absolute atomic E-state index is 0.314. The highest BCUT2D eigenvalue weighted by Gasteiger charge is 2.42. The summed E-state index contributed by atoms with van der Waals surface area (Å²) < 4.78 is 5.46. The molecule has 0 spiro atoms. The van der Waals surface area contributed by atoms with E-state index in [0.717, 1.165) is 16.3 Å². The van der Waals surface area contributed by atoms with E-state index in [1.807, 2.05) is 48.7 Å². The van der Waals surface area contributed by atoms with Crippen LogP contribution in [0.15, 0.2) is 46.9 Å². The molecule has 23 heavy (non-hydrogen) atoms. The first kappa shape index (κ1) is 15.6. The number of rotatable bonds is 5. The fraction of sp³-hybridized carbons (Fsp3) is 0.294. The number of hydrogen-bond donors (Lipinski definition) is 1. The Kier molecular flexibility index (Phi) is 4.34. The Morgan fingerprint density at radius 2 is 2.09 bits per heavy atom. The Labute approximate surface area is 138 Å². The molecule has 1 aromatic heterocycles. The second-order valence-electron chi connectivity index (χ2n) is 5.29. The molecule has 2 heterocycles. The predicted molar refractivity (Wildman–Crippen MR) is 91.4 cm³/mol. The third-order valence-electron chi connectivity index (χ3n) is 3.81. The van der Waals surface area contributed by atoms with Crippen molar-refractivity contribution in [1.29, 1.82) is 0 Å². The van der Waals surface area contributed by atoms with E-state index in [9.17, 15) is 9.90 Å². The van der Waals surface area contributed by atoms with Crippen molar-refractivity contribution in [2.45, 2.75) is 19.9 Å². The molecule has 0 bridgehead atoms. The number of ether oxygens (including phenoxy) is 1. The molecule has 0 aliphatic carbocycles. The second kappa shape index (κ2) is 6.42. The summed E-state index contributed by atoms with van der Waals surface area (Å²) in [6.07, 6.45) is 0. The van der Waals surface area contributed by atoms with Gasteiger partial charge in [0.25, 0.3) is 0 Å². The highest BCUT2D eigenvalue weighted by Crippen LogP contribution is 2.41. The summed E-state index contributed by atoms with van der Waals surface area (Å²) in [5.74, 6) is -0.697. The van der Waals surface area contributed by atoms with Crippen molar-refractivity contribution >= 4 is 28.7 Å². The molecule has 0 saturated heterocycles. The second-order valence-corrected chi connectivity index (χ2v) is 6.27. The largest absolute Gasteiger partial charge is 0.494 e. The molecule has 2 aromatic rings. The first-order chi connectivity index (χ1) is 11.1. The number of carboxylic acid groups (broad SMARTS) is 1. The number of thiophene rings is 1. The van der Waals surface area contributed by atoms with Gasteiger partial charge in [-0.25, -0.2) is 0 Å². The van der Waals surface area contributed by atoms with E-state index in [-0.39, 0.29) is 6.04 Å². The highest BCUT2D eigenvalue weighted by atomic mass is 32.1. The number of hydrazone groups is 1. The van der Waals surface area contributed by atoms with Gasteiger partial charge in [0.2, 0.25) is 0 Å². The van der Waals surface area contributed by atoms with Crippen LogP contribution in [-0.2, 0) is 4.79 Å². The van der Waals surface area contributed by atoms with Crippen LogP contribution in [0.4, 0.5) is 5.69 Å². The lowest BCUT2D eigenvalue weighted by Crippen LogP contribution is -2.29. The topological polar surface area (TPSA) is 62.1 Å². The number of anilines is 1. The Hall–Kier alpha value is -2.34. The fourth-order valence-electron chi connectivity index (χ4n) is 2.80. The summed E-state index contributed by atoms with van der Waals surface area (Å²) in [7, 11) is 0. The third-order valence-corrected chi connectivity index (χ3v) is 4.75. The molecule has 0 fully saturated rings.